The minimum absolute atomic E-state index is 0.0343. The third-order valence-corrected chi connectivity index (χ3v) is 3.81. The van der Waals surface area contributed by atoms with Gasteiger partial charge < -0.3 is 19.7 Å². The van der Waals surface area contributed by atoms with Gasteiger partial charge in [-0.15, -0.1) is 0 Å². The summed E-state index contributed by atoms with van der Waals surface area (Å²) in [6.07, 6.45) is -0.714. The van der Waals surface area contributed by atoms with Crippen LogP contribution < -0.4 is 10.2 Å². The molecule has 0 fully saturated rings. The molecular weight excluding hydrogens is 336 g/mol. The molecule has 7 heteroatoms. The van der Waals surface area contributed by atoms with E-state index in [1.165, 1.54) is 0 Å². The van der Waals surface area contributed by atoms with E-state index in [0.29, 0.717) is 6.54 Å². The number of benzene rings is 1. The van der Waals surface area contributed by atoms with Crippen LogP contribution in [-0.4, -0.2) is 42.8 Å². The average molecular weight is 362 g/mol. The first-order valence-electron chi connectivity index (χ1n) is 8.73. The smallest absolute Gasteiger partial charge is 0.407 e. The molecular formula is C19H26N2O5. The van der Waals surface area contributed by atoms with Crippen molar-refractivity contribution in [1.82, 2.24) is 5.32 Å². The summed E-state index contributed by atoms with van der Waals surface area (Å²) in [5, 5.41) is 2.48. The number of fused-ring (bicyclic) bond motifs is 1. The summed E-state index contributed by atoms with van der Waals surface area (Å²) in [6.45, 7) is 7.49. The number of carbonyl (C=O) groups is 3. The number of nitrogens with zero attached hydrogens (tertiary/aromatic N) is 1. The second-order valence-corrected chi connectivity index (χ2v) is 7.18. The number of anilines is 1. The van der Waals surface area contributed by atoms with Gasteiger partial charge in [-0.2, -0.15) is 0 Å². The fourth-order valence-corrected chi connectivity index (χ4v) is 2.67. The maximum absolute atomic E-state index is 12.5. The lowest BCUT2D eigenvalue weighted by atomic mass is 10.2. The number of carbonyl (C=O) groups excluding carboxylic acids is 3. The summed E-state index contributed by atoms with van der Waals surface area (Å²) in [6, 6.07) is 7.69. The van der Waals surface area contributed by atoms with Crippen LogP contribution in [0.25, 0.3) is 0 Å². The zero-order chi connectivity index (χ0) is 19.3. The number of para-hydroxylation sites is 1. The van der Waals surface area contributed by atoms with E-state index >= 15 is 0 Å². The van der Waals surface area contributed by atoms with Gasteiger partial charge in [0.05, 0.1) is 6.42 Å². The highest BCUT2D eigenvalue weighted by atomic mass is 16.6. The lowest BCUT2D eigenvalue weighted by molar-refractivity contribution is -0.153. The molecule has 1 aromatic rings. The van der Waals surface area contributed by atoms with Gasteiger partial charge >= 0.3 is 12.1 Å². The lowest BCUT2D eigenvalue weighted by Crippen LogP contribution is -2.39. The fourth-order valence-electron chi connectivity index (χ4n) is 2.67. The Labute approximate surface area is 153 Å². The monoisotopic (exact) mass is 362 g/mol. The van der Waals surface area contributed by atoms with Crippen molar-refractivity contribution < 1.29 is 23.9 Å². The molecule has 2 amide bonds. The van der Waals surface area contributed by atoms with Crippen LogP contribution >= 0.6 is 0 Å². The van der Waals surface area contributed by atoms with Crippen LogP contribution in [0.4, 0.5) is 10.5 Å². The van der Waals surface area contributed by atoms with E-state index in [0.717, 1.165) is 17.7 Å². The van der Waals surface area contributed by atoms with Crippen LogP contribution in [0.2, 0.25) is 0 Å². The van der Waals surface area contributed by atoms with E-state index in [2.05, 4.69) is 5.32 Å². The first-order valence-corrected chi connectivity index (χ1v) is 8.73. The Kier molecular flexibility index (Phi) is 6.23. The number of ether oxygens (including phenoxy) is 2. The van der Waals surface area contributed by atoms with E-state index in [9.17, 15) is 14.4 Å². The van der Waals surface area contributed by atoms with Gasteiger partial charge in [0.1, 0.15) is 5.60 Å². The van der Waals surface area contributed by atoms with Gasteiger partial charge in [-0.1, -0.05) is 18.2 Å². The number of nitrogens with one attached hydrogen (secondary N) is 1. The summed E-state index contributed by atoms with van der Waals surface area (Å²) in [4.78, 5) is 37.6. The van der Waals surface area contributed by atoms with Crippen LogP contribution in [-0.2, 0) is 25.5 Å². The second kappa shape index (κ2) is 8.21. The maximum atomic E-state index is 12.5. The predicted molar refractivity (Wildman–Crippen MR) is 96.9 cm³/mol. The predicted octanol–water partition coefficient (Wildman–Crippen LogP) is 2.42. The topological polar surface area (TPSA) is 84.9 Å². The minimum Gasteiger partial charge on any atom is -0.452 e. The summed E-state index contributed by atoms with van der Waals surface area (Å²) >= 11 is 0. The molecule has 0 radical (unpaired) electrons. The molecule has 1 heterocycles. The highest BCUT2D eigenvalue weighted by Gasteiger charge is 2.29. The molecule has 1 N–H and O–H groups in total. The largest absolute Gasteiger partial charge is 0.452 e. The summed E-state index contributed by atoms with van der Waals surface area (Å²) in [5.41, 5.74) is 1.38. The molecule has 0 saturated carbocycles. The standard InChI is InChI=1S/C19H26N2O5/c1-13(17(23)21-12-10-14-7-5-6-8-15(14)21)25-16(22)9-11-20-18(24)26-19(2,3)4/h5-8,13H,9-12H2,1-4H3,(H,20,24)/t13-/m0/s1. The Morgan fingerprint density at radius 2 is 1.92 bits per heavy atom. The molecule has 26 heavy (non-hydrogen) atoms. The van der Waals surface area contributed by atoms with E-state index in [-0.39, 0.29) is 18.9 Å². The quantitative estimate of drug-likeness (QED) is 0.813. The Morgan fingerprint density at radius 3 is 2.62 bits per heavy atom. The first kappa shape index (κ1) is 19.8. The molecule has 0 spiro atoms. The minimum atomic E-state index is -0.879. The summed E-state index contributed by atoms with van der Waals surface area (Å²) < 4.78 is 10.3. The van der Waals surface area contributed by atoms with E-state index in [1.54, 1.807) is 32.6 Å². The molecule has 2 rings (SSSR count). The van der Waals surface area contributed by atoms with Gasteiger partial charge in [0.15, 0.2) is 6.10 Å². The molecule has 1 aliphatic rings. The van der Waals surface area contributed by atoms with Gasteiger partial charge in [-0.05, 0) is 45.7 Å². The highest BCUT2D eigenvalue weighted by molar-refractivity contribution is 5.99. The van der Waals surface area contributed by atoms with Crippen molar-refractivity contribution in [3.8, 4) is 0 Å². The Balaban J connectivity index is 1.77. The van der Waals surface area contributed by atoms with Crippen molar-refractivity contribution in [1.29, 1.82) is 0 Å². The average Bonchev–Trinajstić information content (AvgIpc) is 2.96. The summed E-state index contributed by atoms with van der Waals surface area (Å²) in [5.74, 6) is -0.794. The lowest BCUT2D eigenvalue weighted by Gasteiger charge is -2.22. The molecule has 1 aromatic carbocycles. The third kappa shape index (κ3) is 5.47. The van der Waals surface area contributed by atoms with Crippen LogP contribution in [0.1, 0.15) is 39.7 Å². The Bertz CT molecular complexity index is 681. The Hall–Kier alpha value is -2.57. The molecule has 7 nitrogen and oxygen atoms in total. The number of alkyl carbamates (subject to hydrolysis) is 1. The molecule has 0 bridgehead atoms. The van der Waals surface area contributed by atoms with Crippen LogP contribution in [0, 0.1) is 0 Å². The van der Waals surface area contributed by atoms with Gasteiger partial charge in [-0.25, -0.2) is 4.79 Å². The maximum Gasteiger partial charge on any atom is 0.407 e. The van der Waals surface area contributed by atoms with E-state index in [1.807, 2.05) is 24.3 Å². The number of hydrogen-bond acceptors (Lipinski definition) is 5. The molecule has 0 aromatic heterocycles. The van der Waals surface area contributed by atoms with Crippen molar-refractivity contribution in [3.63, 3.8) is 0 Å². The van der Waals surface area contributed by atoms with Crippen molar-refractivity contribution >= 4 is 23.7 Å². The number of amides is 2. The van der Waals surface area contributed by atoms with Gasteiger partial charge in [0.25, 0.3) is 5.91 Å². The van der Waals surface area contributed by atoms with Crippen LogP contribution in [0.5, 0.6) is 0 Å². The molecule has 0 aliphatic carbocycles. The molecule has 1 atom stereocenters. The van der Waals surface area contributed by atoms with Gasteiger partial charge in [0, 0.05) is 18.8 Å². The molecule has 1 aliphatic heterocycles. The summed E-state index contributed by atoms with van der Waals surface area (Å²) in [7, 11) is 0. The van der Waals surface area contributed by atoms with Crippen molar-refractivity contribution in [2.45, 2.75) is 52.2 Å². The SMILES string of the molecule is C[C@H](OC(=O)CCNC(=O)OC(C)(C)C)C(=O)N1CCc2ccccc21. The molecule has 0 unspecified atom stereocenters. The van der Waals surface area contributed by atoms with Crippen LogP contribution in [0.3, 0.4) is 0 Å². The normalized spacial score (nSPS) is 14.4. The number of esters is 1. The van der Waals surface area contributed by atoms with E-state index < -0.39 is 23.8 Å². The van der Waals surface area contributed by atoms with Gasteiger partial charge in [-0.3, -0.25) is 9.59 Å². The van der Waals surface area contributed by atoms with Crippen LogP contribution in [0.15, 0.2) is 24.3 Å². The van der Waals surface area contributed by atoms with E-state index in [4.69, 9.17) is 9.47 Å². The number of rotatable bonds is 5. The Morgan fingerprint density at radius 1 is 1.23 bits per heavy atom. The fraction of sp³-hybridized carbons (Fsp3) is 0.526. The number of hydrogen-bond donors (Lipinski definition) is 1. The third-order valence-electron chi connectivity index (χ3n) is 3.81. The molecule has 142 valence electrons. The van der Waals surface area contributed by atoms with Gasteiger partial charge in [0.2, 0.25) is 0 Å². The van der Waals surface area contributed by atoms with Crippen molar-refractivity contribution in [3.05, 3.63) is 29.8 Å². The van der Waals surface area contributed by atoms with Crippen molar-refractivity contribution in [2.75, 3.05) is 18.0 Å². The molecule has 0 saturated heterocycles. The first-order chi connectivity index (χ1) is 12.2. The van der Waals surface area contributed by atoms with Crippen molar-refractivity contribution in [2.24, 2.45) is 0 Å². The second-order valence-electron chi connectivity index (χ2n) is 7.18. The zero-order valence-corrected chi connectivity index (χ0v) is 15.7. The highest BCUT2D eigenvalue weighted by Crippen LogP contribution is 2.28. The zero-order valence-electron chi connectivity index (χ0n) is 15.7.